The molecule has 1 heterocycles. The maximum absolute atomic E-state index is 5.69. The second-order valence-electron chi connectivity index (χ2n) is 5.46. The fourth-order valence-corrected chi connectivity index (χ4v) is 3.76. The third-order valence-corrected chi connectivity index (χ3v) is 5.68. The Kier molecular flexibility index (Phi) is 5.36. The maximum Gasteiger partial charge on any atom is 0.123 e. The van der Waals surface area contributed by atoms with Crippen molar-refractivity contribution in [1.29, 1.82) is 0 Å². The minimum absolute atomic E-state index is 0.785. The molecule has 0 spiro atoms. The van der Waals surface area contributed by atoms with Gasteiger partial charge in [-0.3, -0.25) is 0 Å². The quantitative estimate of drug-likeness (QED) is 0.573. The lowest BCUT2D eigenvalue weighted by Crippen LogP contribution is -2.24. The molecule has 25 heavy (non-hydrogen) atoms. The Bertz CT molecular complexity index is 889. The number of nitrogens with zero attached hydrogens (tertiary/aromatic N) is 1. The number of hydrogen-bond donors (Lipinski definition) is 0. The lowest BCUT2D eigenvalue weighted by Gasteiger charge is -2.19. The highest BCUT2D eigenvalue weighted by molar-refractivity contribution is 7.81. The first-order chi connectivity index (χ1) is 12.1. The Hall–Kier alpha value is -2.37. The molecule has 1 aromatic heterocycles. The number of anilines is 1. The van der Waals surface area contributed by atoms with E-state index < -0.39 is 0 Å². The van der Waals surface area contributed by atoms with E-state index in [1.807, 2.05) is 54.4 Å². The largest absolute Gasteiger partial charge is 0.497 e. The Labute approximate surface area is 157 Å². The molecule has 128 valence electrons. The van der Waals surface area contributed by atoms with Crippen molar-refractivity contribution in [2.45, 2.75) is 0 Å². The molecule has 0 unspecified atom stereocenters. The van der Waals surface area contributed by atoms with E-state index in [9.17, 15) is 0 Å². The fraction of sp³-hybridized carbons (Fsp3) is 0.150. The van der Waals surface area contributed by atoms with Crippen LogP contribution >= 0.6 is 23.6 Å². The minimum Gasteiger partial charge on any atom is -0.497 e. The Morgan fingerprint density at radius 1 is 0.920 bits per heavy atom. The number of ether oxygens (including phenoxy) is 2. The van der Waals surface area contributed by atoms with Gasteiger partial charge in [0, 0.05) is 23.7 Å². The molecule has 0 aliphatic carbocycles. The molecule has 0 atom stereocenters. The van der Waals surface area contributed by atoms with E-state index in [-0.39, 0.29) is 0 Å². The zero-order valence-electron chi connectivity index (χ0n) is 14.4. The standard InChI is InChI=1S/C20H19NO2S2/c1-21(15-7-5-9-17(13-15)23-3)20(24)19-11-10-18(25-19)14-6-4-8-16(12-14)22-2/h4-13H,1-3H3. The lowest BCUT2D eigenvalue weighted by molar-refractivity contribution is 0.415. The van der Waals surface area contributed by atoms with Crippen molar-refractivity contribution in [2.75, 3.05) is 26.2 Å². The molecule has 3 aromatic rings. The third kappa shape index (κ3) is 3.83. The van der Waals surface area contributed by atoms with Gasteiger partial charge in [0.2, 0.25) is 0 Å². The van der Waals surface area contributed by atoms with Crippen LogP contribution < -0.4 is 14.4 Å². The monoisotopic (exact) mass is 369 g/mol. The molecule has 0 aliphatic heterocycles. The number of methoxy groups -OCH3 is 2. The molecule has 3 nitrogen and oxygen atoms in total. The van der Waals surface area contributed by atoms with E-state index in [2.05, 4.69) is 18.2 Å². The first kappa shape index (κ1) is 17.5. The summed E-state index contributed by atoms with van der Waals surface area (Å²) in [7, 11) is 5.32. The van der Waals surface area contributed by atoms with Crippen LogP contribution in [0, 0.1) is 0 Å². The molecule has 0 aliphatic rings. The van der Waals surface area contributed by atoms with E-state index in [4.69, 9.17) is 21.7 Å². The van der Waals surface area contributed by atoms with Crippen LogP contribution in [0.4, 0.5) is 5.69 Å². The van der Waals surface area contributed by atoms with Gasteiger partial charge in [-0.15, -0.1) is 11.3 Å². The highest BCUT2D eigenvalue weighted by Gasteiger charge is 2.13. The van der Waals surface area contributed by atoms with Crippen LogP contribution in [0.5, 0.6) is 11.5 Å². The van der Waals surface area contributed by atoms with Crippen LogP contribution in [0.2, 0.25) is 0 Å². The van der Waals surface area contributed by atoms with Gasteiger partial charge in [0.25, 0.3) is 0 Å². The average Bonchev–Trinajstić information content (AvgIpc) is 3.17. The molecule has 2 aromatic carbocycles. The highest BCUT2D eigenvalue weighted by atomic mass is 32.1. The Balaban J connectivity index is 1.84. The van der Waals surface area contributed by atoms with Crippen LogP contribution in [0.15, 0.2) is 60.7 Å². The van der Waals surface area contributed by atoms with Gasteiger partial charge in [0.1, 0.15) is 16.5 Å². The zero-order chi connectivity index (χ0) is 17.8. The maximum atomic E-state index is 5.69. The van der Waals surface area contributed by atoms with Gasteiger partial charge in [-0.05, 0) is 42.0 Å². The van der Waals surface area contributed by atoms with Crippen LogP contribution in [-0.4, -0.2) is 26.3 Å². The normalized spacial score (nSPS) is 10.4. The highest BCUT2D eigenvalue weighted by Crippen LogP contribution is 2.32. The van der Waals surface area contributed by atoms with Crippen LogP contribution in [0.25, 0.3) is 10.4 Å². The summed E-state index contributed by atoms with van der Waals surface area (Å²) in [6.07, 6.45) is 0. The minimum atomic E-state index is 0.785. The summed E-state index contributed by atoms with van der Waals surface area (Å²) in [5.74, 6) is 1.67. The first-order valence-corrected chi connectivity index (χ1v) is 9.01. The second-order valence-corrected chi connectivity index (χ2v) is 6.93. The molecule has 0 saturated heterocycles. The van der Waals surface area contributed by atoms with Crippen LogP contribution in [0.3, 0.4) is 0 Å². The topological polar surface area (TPSA) is 21.7 Å². The summed E-state index contributed by atoms with van der Waals surface area (Å²) in [6, 6.07) is 20.1. The summed E-state index contributed by atoms with van der Waals surface area (Å²) in [4.78, 5) is 5.00. The molecule has 0 N–H and O–H groups in total. The van der Waals surface area contributed by atoms with Gasteiger partial charge in [0.05, 0.1) is 19.1 Å². The van der Waals surface area contributed by atoms with Crippen molar-refractivity contribution in [3.63, 3.8) is 0 Å². The first-order valence-electron chi connectivity index (χ1n) is 7.78. The second kappa shape index (κ2) is 7.68. The molecular weight excluding hydrogens is 350 g/mol. The van der Waals surface area contributed by atoms with Crippen molar-refractivity contribution >= 4 is 34.2 Å². The molecule has 0 saturated carbocycles. The fourth-order valence-electron chi connectivity index (χ4n) is 2.49. The van der Waals surface area contributed by atoms with Crippen LogP contribution in [-0.2, 0) is 0 Å². The van der Waals surface area contributed by atoms with E-state index >= 15 is 0 Å². The smallest absolute Gasteiger partial charge is 0.123 e. The van der Waals surface area contributed by atoms with Crippen molar-refractivity contribution < 1.29 is 9.47 Å². The molecule has 0 bridgehead atoms. The van der Waals surface area contributed by atoms with Gasteiger partial charge < -0.3 is 14.4 Å². The van der Waals surface area contributed by atoms with E-state index in [1.54, 1.807) is 25.6 Å². The molecule has 0 radical (unpaired) electrons. The van der Waals surface area contributed by atoms with E-state index in [0.29, 0.717) is 0 Å². The van der Waals surface area contributed by atoms with Crippen molar-refractivity contribution in [3.05, 3.63) is 65.5 Å². The van der Waals surface area contributed by atoms with Crippen LogP contribution in [0.1, 0.15) is 4.88 Å². The SMILES string of the molecule is COc1cccc(-c2ccc(C(=S)N(C)c3cccc(OC)c3)s2)c1. The summed E-state index contributed by atoms with van der Waals surface area (Å²) < 4.78 is 10.6. The third-order valence-electron chi connectivity index (χ3n) is 3.92. The predicted molar refractivity (Wildman–Crippen MR) is 109 cm³/mol. The number of thiocarbonyl (C=S) groups is 1. The summed E-state index contributed by atoms with van der Waals surface area (Å²) >= 11 is 7.36. The number of benzene rings is 2. The number of hydrogen-bond acceptors (Lipinski definition) is 4. The van der Waals surface area contributed by atoms with Gasteiger partial charge in [-0.1, -0.05) is 30.4 Å². The van der Waals surface area contributed by atoms with E-state index in [0.717, 1.165) is 37.5 Å². The summed E-state index contributed by atoms with van der Waals surface area (Å²) in [5.41, 5.74) is 2.13. The van der Waals surface area contributed by atoms with Gasteiger partial charge >= 0.3 is 0 Å². The van der Waals surface area contributed by atoms with Gasteiger partial charge in [0.15, 0.2) is 0 Å². The molecule has 3 rings (SSSR count). The molecule has 0 fully saturated rings. The molecule has 0 amide bonds. The number of thiophene rings is 1. The van der Waals surface area contributed by atoms with E-state index in [1.165, 1.54) is 0 Å². The molecule has 5 heteroatoms. The Morgan fingerprint density at radius 2 is 1.60 bits per heavy atom. The summed E-state index contributed by atoms with van der Waals surface area (Å²) in [6.45, 7) is 0. The summed E-state index contributed by atoms with van der Waals surface area (Å²) in [5, 5.41) is 0. The van der Waals surface area contributed by atoms with Gasteiger partial charge in [-0.25, -0.2) is 0 Å². The Morgan fingerprint density at radius 3 is 2.32 bits per heavy atom. The van der Waals surface area contributed by atoms with Crippen molar-refractivity contribution in [3.8, 4) is 21.9 Å². The van der Waals surface area contributed by atoms with Crippen molar-refractivity contribution in [1.82, 2.24) is 0 Å². The molecular formula is C20H19NO2S2. The average molecular weight is 370 g/mol. The van der Waals surface area contributed by atoms with Crippen molar-refractivity contribution in [2.24, 2.45) is 0 Å². The number of rotatable bonds is 5. The lowest BCUT2D eigenvalue weighted by atomic mass is 10.2. The zero-order valence-corrected chi connectivity index (χ0v) is 16.0. The predicted octanol–water partition coefficient (Wildman–Crippen LogP) is 5.24. The van der Waals surface area contributed by atoms with Gasteiger partial charge in [-0.2, -0.15) is 0 Å².